The van der Waals surface area contributed by atoms with Crippen molar-refractivity contribution in [2.75, 3.05) is 13.2 Å². The van der Waals surface area contributed by atoms with Crippen LogP contribution in [0.1, 0.15) is 27.2 Å². The predicted molar refractivity (Wildman–Crippen MR) is 47.7 cm³/mol. The maximum absolute atomic E-state index is 5.54. The summed E-state index contributed by atoms with van der Waals surface area (Å²) in [6.45, 7) is 7.73. The predicted octanol–water partition coefficient (Wildman–Crippen LogP) is 1.12. The Kier molecular flexibility index (Phi) is 3.09. The molecule has 0 aromatic heterocycles. The van der Waals surface area contributed by atoms with Crippen molar-refractivity contribution in [1.82, 2.24) is 0 Å². The largest absolute Gasteiger partial charge is 0.350 e. The summed E-state index contributed by atoms with van der Waals surface area (Å²) in [4.78, 5) is 0. The zero-order valence-electron chi connectivity index (χ0n) is 8.17. The Balaban J connectivity index is 2.28. The molecule has 2 N–H and O–H groups in total. The van der Waals surface area contributed by atoms with E-state index in [1.807, 2.05) is 0 Å². The molecule has 2 atom stereocenters. The van der Waals surface area contributed by atoms with Crippen molar-refractivity contribution in [3.63, 3.8) is 0 Å². The Bertz CT molecular complexity index is 142. The van der Waals surface area contributed by atoms with Gasteiger partial charge < -0.3 is 15.2 Å². The quantitative estimate of drug-likeness (QED) is 0.680. The fraction of sp³-hybridized carbons (Fsp3) is 1.00. The van der Waals surface area contributed by atoms with Crippen LogP contribution in [0.15, 0.2) is 0 Å². The fourth-order valence-electron chi connectivity index (χ4n) is 1.24. The minimum absolute atomic E-state index is 0.0430. The molecule has 0 saturated carbocycles. The lowest BCUT2D eigenvalue weighted by Gasteiger charge is -2.21. The molecule has 1 heterocycles. The molecular weight excluding hydrogens is 154 g/mol. The minimum atomic E-state index is -0.0430. The summed E-state index contributed by atoms with van der Waals surface area (Å²) in [7, 11) is 0. The average Bonchev–Trinajstić information content (AvgIpc) is 2.32. The summed E-state index contributed by atoms with van der Waals surface area (Å²) in [6, 6.07) is 0. The highest BCUT2D eigenvalue weighted by atomic mass is 16.7. The summed E-state index contributed by atoms with van der Waals surface area (Å²) >= 11 is 0. The van der Waals surface area contributed by atoms with Gasteiger partial charge in [-0.3, -0.25) is 0 Å². The fourth-order valence-corrected chi connectivity index (χ4v) is 1.24. The van der Waals surface area contributed by atoms with Crippen molar-refractivity contribution < 1.29 is 9.47 Å². The van der Waals surface area contributed by atoms with Crippen molar-refractivity contribution in [2.24, 2.45) is 11.1 Å². The average molecular weight is 173 g/mol. The molecule has 1 fully saturated rings. The van der Waals surface area contributed by atoms with Crippen LogP contribution in [0.3, 0.4) is 0 Å². The summed E-state index contributed by atoms with van der Waals surface area (Å²) < 4.78 is 11.0. The molecule has 0 aromatic carbocycles. The molecule has 2 unspecified atom stereocenters. The lowest BCUT2D eigenvalue weighted by molar-refractivity contribution is -0.0778. The van der Waals surface area contributed by atoms with E-state index in [0.29, 0.717) is 13.2 Å². The van der Waals surface area contributed by atoms with Crippen molar-refractivity contribution in [1.29, 1.82) is 0 Å². The van der Waals surface area contributed by atoms with Crippen molar-refractivity contribution in [2.45, 2.75) is 39.6 Å². The Morgan fingerprint density at radius 2 is 2.08 bits per heavy atom. The molecule has 0 aromatic rings. The van der Waals surface area contributed by atoms with E-state index in [1.165, 1.54) is 0 Å². The van der Waals surface area contributed by atoms with E-state index < -0.39 is 0 Å². The normalized spacial score (nSPS) is 31.0. The van der Waals surface area contributed by atoms with E-state index in [2.05, 4.69) is 20.8 Å². The van der Waals surface area contributed by atoms with Crippen molar-refractivity contribution in [3.8, 4) is 0 Å². The third-order valence-corrected chi connectivity index (χ3v) is 1.85. The second-order valence-electron chi connectivity index (χ2n) is 4.52. The molecule has 0 aliphatic carbocycles. The van der Waals surface area contributed by atoms with Crippen molar-refractivity contribution >= 4 is 0 Å². The van der Waals surface area contributed by atoms with Crippen LogP contribution in [-0.4, -0.2) is 25.5 Å². The molecule has 1 rings (SSSR count). The molecule has 1 aliphatic heterocycles. The maximum atomic E-state index is 5.54. The number of rotatable bonds is 2. The van der Waals surface area contributed by atoms with Gasteiger partial charge in [0.2, 0.25) is 0 Å². The third kappa shape index (κ3) is 3.09. The highest BCUT2D eigenvalue weighted by Crippen LogP contribution is 2.26. The van der Waals surface area contributed by atoms with Gasteiger partial charge >= 0.3 is 0 Å². The Hall–Kier alpha value is -0.120. The summed E-state index contributed by atoms with van der Waals surface area (Å²) in [5.74, 6) is 0. The molecule has 0 amide bonds. The van der Waals surface area contributed by atoms with E-state index in [0.717, 1.165) is 6.42 Å². The molecule has 3 heteroatoms. The van der Waals surface area contributed by atoms with Gasteiger partial charge in [-0.2, -0.15) is 0 Å². The van der Waals surface area contributed by atoms with Gasteiger partial charge in [0.05, 0.1) is 12.7 Å². The summed E-state index contributed by atoms with van der Waals surface area (Å²) in [6.07, 6.45) is 1.000. The minimum Gasteiger partial charge on any atom is -0.350 e. The van der Waals surface area contributed by atoms with Crippen LogP contribution in [0, 0.1) is 5.41 Å². The first-order chi connectivity index (χ1) is 5.51. The number of nitrogens with two attached hydrogens (primary N) is 1. The molecule has 12 heavy (non-hydrogen) atoms. The van der Waals surface area contributed by atoms with Gasteiger partial charge in [0.25, 0.3) is 0 Å². The van der Waals surface area contributed by atoms with E-state index in [4.69, 9.17) is 15.2 Å². The Morgan fingerprint density at radius 3 is 2.50 bits per heavy atom. The molecule has 3 nitrogen and oxygen atoms in total. The number of hydrogen-bond donors (Lipinski definition) is 1. The molecular formula is C9H19NO2. The lowest BCUT2D eigenvalue weighted by Crippen LogP contribution is -2.24. The van der Waals surface area contributed by atoms with Crippen LogP contribution >= 0.6 is 0 Å². The molecule has 1 aliphatic rings. The topological polar surface area (TPSA) is 44.5 Å². The van der Waals surface area contributed by atoms with Gasteiger partial charge in [0, 0.05) is 13.0 Å². The number of hydrogen-bond acceptors (Lipinski definition) is 3. The second-order valence-corrected chi connectivity index (χ2v) is 4.52. The molecule has 1 saturated heterocycles. The highest BCUT2D eigenvalue weighted by Gasteiger charge is 2.28. The van der Waals surface area contributed by atoms with Gasteiger partial charge in [-0.25, -0.2) is 0 Å². The van der Waals surface area contributed by atoms with E-state index in [1.54, 1.807) is 0 Å². The van der Waals surface area contributed by atoms with Gasteiger partial charge in [0.1, 0.15) is 0 Å². The molecule has 0 bridgehead atoms. The summed E-state index contributed by atoms with van der Waals surface area (Å²) in [5, 5.41) is 0. The lowest BCUT2D eigenvalue weighted by atomic mass is 9.92. The number of ether oxygens (including phenoxy) is 2. The smallest absolute Gasteiger partial charge is 0.158 e. The maximum Gasteiger partial charge on any atom is 0.158 e. The zero-order chi connectivity index (χ0) is 9.19. The van der Waals surface area contributed by atoms with Gasteiger partial charge in [-0.05, 0) is 5.41 Å². The second kappa shape index (κ2) is 3.73. The Labute approximate surface area is 74.2 Å². The molecule has 72 valence electrons. The van der Waals surface area contributed by atoms with Crippen molar-refractivity contribution in [3.05, 3.63) is 0 Å². The Morgan fingerprint density at radius 1 is 1.42 bits per heavy atom. The summed E-state index contributed by atoms with van der Waals surface area (Å²) in [5.41, 5.74) is 5.71. The van der Waals surface area contributed by atoms with Crippen LogP contribution in [0.2, 0.25) is 0 Å². The van der Waals surface area contributed by atoms with E-state index in [9.17, 15) is 0 Å². The molecule has 0 spiro atoms. The molecule has 0 radical (unpaired) electrons. The zero-order valence-corrected chi connectivity index (χ0v) is 8.17. The third-order valence-electron chi connectivity index (χ3n) is 1.85. The standard InChI is InChI=1S/C9H19NO2/c1-9(2,3)4-8-11-6-7(5-10)12-8/h7-8H,4-6,10H2,1-3H3. The van der Waals surface area contributed by atoms with Crippen LogP contribution < -0.4 is 5.73 Å². The highest BCUT2D eigenvalue weighted by molar-refractivity contribution is 4.71. The van der Waals surface area contributed by atoms with E-state index in [-0.39, 0.29) is 17.8 Å². The van der Waals surface area contributed by atoms with Gasteiger partial charge in [-0.1, -0.05) is 20.8 Å². The van der Waals surface area contributed by atoms with Crippen LogP contribution in [0.5, 0.6) is 0 Å². The van der Waals surface area contributed by atoms with Crippen LogP contribution in [-0.2, 0) is 9.47 Å². The monoisotopic (exact) mass is 173 g/mol. The first kappa shape index (κ1) is 9.96. The van der Waals surface area contributed by atoms with Gasteiger partial charge in [-0.15, -0.1) is 0 Å². The van der Waals surface area contributed by atoms with E-state index >= 15 is 0 Å². The van der Waals surface area contributed by atoms with Gasteiger partial charge in [0.15, 0.2) is 6.29 Å². The van der Waals surface area contributed by atoms with Crippen LogP contribution in [0.4, 0.5) is 0 Å². The first-order valence-electron chi connectivity index (χ1n) is 4.48. The first-order valence-corrected chi connectivity index (χ1v) is 4.48. The SMILES string of the molecule is CC(C)(C)CC1OCC(CN)O1. The van der Waals surface area contributed by atoms with Crippen LogP contribution in [0.25, 0.3) is 0 Å².